The maximum Gasteiger partial charge on any atom is 0.339 e. The number of anilines is 1. The summed E-state index contributed by atoms with van der Waals surface area (Å²) >= 11 is 0. The van der Waals surface area contributed by atoms with Crippen LogP contribution < -0.4 is 4.90 Å². The van der Waals surface area contributed by atoms with Crippen molar-refractivity contribution in [1.29, 1.82) is 0 Å². The predicted octanol–water partition coefficient (Wildman–Crippen LogP) is 2.62. The van der Waals surface area contributed by atoms with E-state index in [0.717, 1.165) is 22.0 Å². The molecule has 1 N–H and O–H groups in total. The van der Waals surface area contributed by atoms with Gasteiger partial charge in [0.25, 0.3) is 0 Å². The summed E-state index contributed by atoms with van der Waals surface area (Å²) in [5, 5.41) is 10.1. The molecule has 94 valence electrons. The lowest BCUT2D eigenvalue weighted by atomic mass is 10.0. The van der Waals surface area contributed by atoms with Crippen LogP contribution in [0.3, 0.4) is 0 Å². The summed E-state index contributed by atoms with van der Waals surface area (Å²) in [6.45, 7) is 4.03. The minimum Gasteiger partial charge on any atom is -0.478 e. The normalized spacial score (nSPS) is 10.7. The molecule has 2 rings (SSSR count). The molecule has 0 aliphatic heterocycles. The first-order valence-electron chi connectivity index (χ1n) is 5.73. The molecule has 4 heteroatoms. The Morgan fingerprint density at radius 2 is 1.94 bits per heavy atom. The first kappa shape index (κ1) is 12.4. The number of aromatic carboxylic acids is 1. The Kier molecular flexibility index (Phi) is 2.95. The summed E-state index contributed by atoms with van der Waals surface area (Å²) in [5.74, 6) is -0.463. The minimum absolute atomic E-state index is 0.232. The maximum absolute atomic E-state index is 11.3. The number of pyridine rings is 1. The molecule has 0 amide bonds. The summed E-state index contributed by atoms with van der Waals surface area (Å²) < 4.78 is 0. The van der Waals surface area contributed by atoms with Gasteiger partial charge in [-0.25, -0.2) is 9.78 Å². The molecule has 2 aromatic rings. The van der Waals surface area contributed by atoms with Crippen LogP contribution in [0.25, 0.3) is 10.9 Å². The molecule has 4 nitrogen and oxygen atoms in total. The molecule has 0 fully saturated rings. The zero-order valence-electron chi connectivity index (χ0n) is 11.0. The summed E-state index contributed by atoms with van der Waals surface area (Å²) in [7, 11) is 3.59. The molecule has 0 radical (unpaired) electrons. The highest BCUT2D eigenvalue weighted by molar-refractivity contribution is 5.98. The van der Waals surface area contributed by atoms with Gasteiger partial charge in [0.05, 0.1) is 5.52 Å². The first-order chi connectivity index (χ1) is 8.41. The second-order valence-electron chi connectivity index (χ2n) is 4.64. The van der Waals surface area contributed by atoms with Gasteiger partial charge in [-0.3, -0.25) is 0 Å². The largest absolute Gasteiger partial charge is 0.478 e. The Morgan fingerprint density at radius 3 is 2.50 bits per heavy atom. The number of rotatable bonds is 2. The van der Waals surface area contributed by atoms with Crippen molar-refractivity contribution >= 4 is 22.7 Å². The highest BCUT2D eigenvalue weighted by Gasteiger charge is 2.16. The van der Waals surface area contributed by atoms with Crippen molar-refractivity contribution in [3.05, 3.63) is 34.9 Å². The molecule has 0 unspecified atom stereocenters. The van der Waals surface area contributed by atoms with Crippen LogP contribution in [0.5, 0.6) is 0 Å². The minimum atomic E-state index is -0.952. The van der Waals surface area contributed by atoms with Gasteiger partial charge in [0, 0.05) is 19.5 Å². The Balaban J connectivity index is 2.85. The van der Waals surface area contributed by atoms with Crippen LogP contribution in [0, 0.1) is 13.8 Å². The Hall–Kier alpha value is -2.10. The standard InChI is InChI=1S/C14H16N2O2/c1-8-5-6-10-7-11(14(17)18)13(16(3)4)15-12(10)9(8)2/h5-7H,1-4H3,(H,17,18). The van der Waals surface area contributed by atoms with E-state index in [9.17, 15) is 9.90 Å². The van der Waals surface area contributed by atoms with E-state index in [1.807, 2.05) is 26.0 Å². The van der Waals surface area contributed by atoms with E-state index in [0.29, 0.717) is 5.82 Å². The van der Waals surface area contributed by atoms with Crippen molar-refractivity contribution in [2.24, 2.45) is 0 Å². The number of aromatic nitrogens is 1. The smallest absolute Gasteiger partial charge is 0.339 e. The van der Waals surface area contributed by atoms with Crippen LogP contribution in [0.4, 0.5) is 5.82 Å². The number of hydrogen-bond acceptors (Lipinski definition) is 3. The average molecular weight is 244 g/mol. The SMILES string of the molecule is Cc1ccc2cc(C(=O)O)c(N(C)C)nc2c1C. The van der Waals surface area contributed by atoms with Crippen LogP contribution in [0.15, 0.2) is 18.2 Å². The van der Waals surface area contributed by atoms with Gasteiger partial charge in [-0.05, 0) is 31.0 Å². The van der Waals surface area contributed by atoms with Gasteiger partial charge in [-0.2, -0.15) is 0 Å². The fraction of sp³-hybridized carbons (Fsp3) is 0.286. The molecule has 0 aliphatic carbocycles. The number of carbonyl (C=O) groups is 1. The Morgan fingerprint density at radius 1 is 1.28 bits per heavy atom. The molecule has 0 spiro atoms. The van der Waals surface area contributed by atoms with Gasteiger partial charge in [0.15, 0.2) is 0 Å². The zero-order valence-corrected chi connectivity index (χ0v) is 11.0. The monoisotopic (exact) mass is 244 g/mol. The van der Waals surface area contributed by atoms with Gasteiger partial charge in [0.1, 0.15) is 11.4 Å². The zero-order chi connectivity index (χ0) is 13.4. The number of hydrogen-bond donors (Lipinski definition) is 1. The maximum atomic E-state index is 11.3. The van der Waals surface area contributed by atoms with E-state index in [1.165, 1.54) is 0 Å². The lowest BCUT2D eigenvalue weighted by Gasteiger charge is -2.16. The van der Waals surface area contributed by atoms with Gasteiger partial charge in [-0.15, -0.1) is 0 Å². The van der Waals surface area contributed by atoms with Crippen LogP contribution >= 0.6 is 0 Å². The topological polar surface area (TPSA) is 53.4 Å². The fourth-order valence-electron chi connectivity index (χ4n) is 1.97. The second kappa shape index (κ2) is 4.29. The van der Waals surface area contributed by atoms with Gasteiger partial charge < -0.3 is 10.0 Å². The molecule has 0 saturated heterocycles. The average Bonchev–Trinajstić information content (AvgIpc) is 2.32. The molecular formula is C14H16N2O2. The van der Waals surface area contributed by atoms with Gasteiger partial charge in [0.2, 0.25) is 0 Å². The number of nitrogens with zero attached hydrogens (tertiary/aromatic N) is 2. The van der Waals surface area contributed by atoms with Crippen molar-refractivity contribution in [3.8, 4) is 0 Å². The number of fused-ring (bicyclic) bond motifs is 1. The van der Waals surface area contributed by atoms with Crippen molar-refractivity contribution in [1.82, 2.24) is 4.98 Å². The number of benzene rings is 1. The molecule has 1 aromatic carbocycles. The van der Waals surface area contributed by atoms with Crippen molar-refractivity contribution in [3.63, 3.8) is 0 Å². The summed E-state index contributed by atoms with van der Waals surface area (Å²) in [5.41, 5.74) is 3.34. The quantitative estimate of drug-likeness (QED) is 0.882. The summed E-state index contributed by atoms with van der Waals surface area (Å²) in [6, 6.07) is 5.59. The number of carboxylic acids is 1. The highest BCUT2D eigenvalue weighted by atomic mass is 16.4. The fourth-order valence-corrected chi connectivity index (χ4v) is 1.97. The van der Waals surface area contributed by atoms with Gasteiger partial charge in [-0.1, -0.05) is 12.1 Å². The molecule has 18 heavy (non-hydrogen) atoms. The lowest BCUT2D eigenvalue weighted by Crippen LogP contribution is -2.16. The van der Waals surface area contributed by atoms with Crippen LogP contribution in [-0.2, 0) is 0 Å². The van der Waals surface area contributed by atoms with E-state index in [4.69, 9.17) is 0 Å². The second-order valence-corrected chi connectivity index (χ2v) is 4.64. The molecule has 0 saturated carbocycles. The van der Waals surface area contributed by atoms with E-state index in [2.05, 4.69) is 4.98 Å². The van der Waals surface area contributed by atoms with Gasteiger partial charge >= 0.3 is 5.97 Å². The van der Waals surface area contributed by atoms with E-state index in [1.54, 1.807) is 25.1 Å². The van der Waals surface area contributed by atoms with Crippen molar-refractivity contribution in [2.45, 2.75) is 13.8 Å². The van der Waals surface area contributed by atoms with Crippen LogP contribution in [-0.4, -0.2) is 30.2 Å². The predicted molar refractivity (Wildman–Crippen MR) is 72.5 cm³/mol. The van der Waals surface area contributed by atoms with E-state index < -0.39 is 5.97 Å². The third-order valence-corrected chi connectivity index (χ3v) is 3.15. The van der Waals surface area contributed by atoms with Crippen molar-refractivity contribution < 1.29 is 9.90 Å². The molecule has 0 bridgehead atoms. The van der Waals surface area contributed by atoms with E-state index in [-0.39, 0.29) is 5.56 Å². The Labute approximate surface area is 106 Å². The molecule has 0 atom stereocenters. The summed E-state index contributed by atoms with van der Waals surface area (Å²) in [6.07, 6.45) is 0. The van der Waals surface area contributed by atoms with Crippen molar-refractivity contribution in [2.75, 3.05) is 19.0 Å². The Bertz CT molecular complexity index is 633. The number of aryl methyl sites for hydroxylation is 2. The van der Waals surface area contributed by atoms with Crippen LogP contribution in [0.2, 0.25) is 0 Å². The number of carboxylic acid groups (broad SMARTS) is 1. The first-order valence-corrected chi connectivity index (χ1v) is 5.73. The molecule has 1 aromatic heterocycles. The third kappa shape index (κ3) is 1.90. The summed E-state index contributed by atoms with van der Waals surface area (Å²) in [4.78, 5) is 17.5. The highest BCUT2D eigenvalue weighted by Crippen LogP contribution is 2.26. The van der Waals surface area contributed by atoms with Crippen LogP contribution in [0.1, 0.15) is 21.5 Å². The molecular weight excluding hydrogens is 228 g/mol. The lowest BCUT2D eigenvalue weighted by molar-refractivity contribution is 0.0697. The van der Waals surface area contributed by atoms with E-state index >= 15 is 0 Å². The molecule has 1 heterocycles. The third-order valence-electron chi connectivity index (χ3n) is 3.15. The molecule has 0 aliphatic rings.